The Hall–Kier alpha value is -2.69. The number of aryl methyl sites for hydroxylation is 2. The summed E-state index contributed by atoms with van der Waals surface area (Å²) in [4.78, 5) is 26.5. The topological polar surface area (TPSA) is 49.4 Å². The van der Waals surface area contributed by atoms with Gasteiger partial charge in [-0.15, -0.1) is 0 Å². The molecule has 1 aliphatic heterocycles. The number of halogens is 1. The molecule has 136 valence electrons. The van der Waals surface area contributed by atoms with Crippen molar-refractivity contribution in [2.24, 2.45) is 5.92 Å². The van der Waals surface area contributed by atoms with Crippen LogP contribution in [0.2, 0.25) is 0 Å². The highest BCUT2D eigenvalue weighted by molar-refractivity contribution is 6.00. The molecule has 0 radical (unpaired) electrons. The molecule has 0 spiro atoms. The molecule has 2 amide bonds. The number of amides is 2. The van der Waals surface area contributed by atoms with Gasteiger partial charge in [-0.05, 0) is 49.6 Å². The predicted octanol–water partition coefficient (Wildman–Crippen LogP) is 3.15. The summed E-state index contributed by atoms with van der Waals surface area (Å²) in [6.07, 6.45) is 0.864. The van der Waals surface area contributed by atoms with E-state index in [0.717, 1.165) is 22.4 Å². The minimum absolute atomic E-state index is 0.0179. The van der Waals surface area contributed by atoms with Crippen LogP contribution in [-0.4, -0.2) is 24.9 Å². The molecular weight excluding hydrogens is 331 g/mol. The van der Waals surface area contributed by atoms with Crippen LogP contribution in [0.3, 0.4) is 0 Å². The van der Waals surface area contributed by atoms with Gasteiger partial charge in [-0.3, -0.25) is 9.59 Å². The van der Waals surface area contributed by atoms with E-state index < -0.39 is 0 Å². The molecule has 0 saturated carbocycles. The van der Waals surface area contributed by atoms with Gasteiger partial charge in [0.05, 0.1) is 5.92 Å². The van der Waals surface area contributed by atoms with Crippen molar-refractivity contribution in [2.45, 2.75) is 26.7 Å². The second kappa shape index (κ2) is 7.68. The highest BCUT2D eigenvalue weighted by Gasteiger charge is 2.35. The number of benzene rings is 2. The predicted molar refractivity (Wildman–Crippen MR) is 99.5 cm³/mol. The Morgan fingerprint density at radius 3 is 2.62 bits per heavy atom. The Labute approximate surface area is 153 Å². The van der Waals surface area contributed by atoms with Crippen LogP contribution in [-0.2, 0) is 16.0 Å². The second-order valence-electron chi connectivity index (χ2n) is 6.86. The summed E-state index contributed by atoms with van der Waals surface area (Å²) in [5, 5.41) is 2.89. The third-order valence-electron chi connectivity index (χ3n) is 4.77. The van der Waals surface area contributed by atoms with Crippen molar-refractivity contribution in [2.75, 3.05) is 18.0 Å². The number of nitrogens with zero attached hydrogens (tertiary/aromatic N) is 1. The largest absolute Gasteiger partial charge is 0.355 e. The number of nitrogens with one attached hydrogen (secondary N) is 1. The van der Waals surface area contributed by atoms with Crippen molar-refractivity contribution in [3.05, 3.63) is 65.0 Å². The monoisotopic (exact) mass is 354 g/mol. The molecule has 0 bridgehead atoms. The molecule has 0 aliphatic carbocycles. The first kappa shape index (κ1) is 18.1. The maximum atomic E-state index is 12.9. The lowest BCUT2D eigenvalue weighted by atomic mass is 10.1. The molecule has 2 aromatic rings. The van der Waals surface area contributed by atoms with Crippen LogP contribution in [0.25, 0.3) is 0 Å². The maximum absolute atomic E-state index is 12.9. The first-order valence-corrected chi connectivity index (χ1v) is 8.84. The molecule has 3 rings (SSSR count). The average Bonchev–Trinajstić information content (AvgIpc) is 2.98. The smallest absolute Gasteiger partial charge is 0.227 e. The Morgan fingerprint density at radius 1 is 1.19 bits per heavy atom. The molecule has 1 heterocycles. The van der Waals surface area contributed by atoms with Gasteiger partial charge in [0.2, 0.25) is 11.8 Å². The van der Waals surface area contributed by atoms with Crippen LogP contribution in [0.5, 0.6) is 0 Å². The van der Waals surface area contributed by atoms with Crippen LogP contribution in [0.4, 0.5) is 10.1 Å². The highest BCUT2D eigenvalue weighted by atomic mass is 19.1. The quantitative estimate of drug-likeness (QED) is 0.897. The SMILES string of the molecule is Cc1ccc(N2CC(C(=O)NCCc3ccc(F)cc3)CC2=O)c(C)c1. The highest BCUT2D eigenvalue weighted by Crippen LogP contribution is 2.28. The van der Waals surface area contributed by atoms with Crippen molar-refractivity contribution in [3.63, 3.8) is 0 Å². The summed E-state index contributed by atoms with van der Waals surface area (Å²) in [5.74, 6) is -0.728. The van der Waals surface area contributed by atoms with Gasteiger partial charge >= 0.3 is 0 Å². The summed E-state index contributed by atoms with van der Waals surface area (Å²) < 4.78 is 12.9. The Bertz CT molecular complexity index is 817. The zero-order valence-corrected chi connectivity index (χ0v) is 15.1. The van der Waals surface area contributed by atoms with Gasteiger partial charge in [-0.1, -0.05) is 29.8 Å². The van der Waals surface area contributed by atoms with E-state index in [2.05, 4.69) is 5.32 Å². The lowest BCUT2D eigenvalue weighted by Gasteiger charge is -2.19. The fourth-order valence-electron chi connectivity index (χ4n) is 3.35. The number of hydrogen-bond donors (Lipinski definition) is 1. The minimum Gasteiger partial charge on any atom is -0.355 e. The van der Waals surface area contributed by atoms with Crippen molar-refractivity contribution in [1.82, 2.24) is 5.32 Å². The molecule has 1 aliphatic rings. The van der Waals surface area contributed by atoms with Crippen LogP contribution < -0.4 is 10.2 Å². The third-order valence-corrected chi connectivity index (χ3v) is 4.77. The van der Waals surface area contributed by atoms with E-state index in [-0.39, 0.29) is 30.0 Å². The number of hydrogen-bond acceptors (Lipinski definition) is 2. The van der Waals surface area contributed by atoms with E-state index in [1.165, 1.54) is 12.1 Å². The maximum Gasteiger partial charge on any atom is 0.227 e. The average molecular weight is 354 g/mol. The van der Waals surface area contributed by atoms with Gasteiger partial charge < -0.3 is 10.2 Å². The van der Waals surface area contributed by atoms with Gasteiger partial charge in [0.15, 0.2) is 0 Å². The Kier molecular flexibility index (Phi) is 5.35. The summed E-state index contributed by atoms with van der Waals surface area (Å²) in [6, 6.07) is 12.2. The molecule has 4 nitrogen and oxygen atoms in total. The number of carbonyl (C=O) groups is 2. The van der Waals surface area contributed by atoms with Crippen LogP contribution in [0.1, 0.15) is 23.1 Å². The first-order chi connectivity index (χ1) is 12.4. The van der Waals surface area contributed by atoms with Crippen LogP contribution in [0, 0.1) is 25.6 Å². The van der Waals surface area contributed by atoms with E-state index in [9.17, 15) is 14.0 Å². The summed E-state index contributed by atoms with van der Waals surface area (Å²) in [7, 11) is 0. The fourth-order valence-corrected chi connectivity index (χ4v) is 3.35. The minimum atomic E-state index is -0.337. The molecule has 5 heteroatoms. The van der Waals surface area contributed by atoms with E-state index in [4.69, 9.17) is 0 Å². The summed E-state index contributed by atoms with van der Waals surface area (Å²) in [6.45, 7) is 4.87. The summed E-state index contributed by atoms with van der Waals surface area (Å²) >= 11 is 0. The van der Waals surface area contributed by atoms with E-state index >= 15 is 0 Å². The second-order valence-corrected chi connectivity index (χ2v) is 6.86. The van der Waals surface area contributed by atoms with Gasteiger partial charge in [0.1, 0.15) is 5.82 Å². The fraction of sp³-hybridized carbons (Fsp3) is 0.333. The van der Waals surface area contributed by atoms with Gasteiger partial charge in [0, 0.05) is 25.2 Å². The molecular formula is C21H23FN2O2. The molecule has 26 heavy (non-hydrogen) atoms. The van der Waals surface area contributed by atoms with Gasteiger partial charge in [-0.25, -0.2) is 4.39 Å². The lowest BCUT2D eigenvalue weighted by Crippen LogP contribution is -2.34. The zero-order valence-electron chi connectivity index (χ0n) is 15.1. The van der Waals surface area contributed by atoms with Crippen LogP contribution in [0.15, 0.2) is 42.5 Å². The van der Waals surface area contributed by atoms with Crippen molar-refractivity contribution >= 4 is 17.5 Å². The molecule has 1 saturated heterocycles. The first-order valence-electron chi connectivity index (χ1n) is 8.84. The van der Waals surface area contributed by atoms with Crippen molar-refractivity contribution in [1.29, 1.82) is 0 Å². The summed E-state index contributed by atoms with van der Waals surface area (Å²) in [5.41, 5.74) is 4.03. The Morgan fingerprint density at radius 2 is 1.92 bits per heavy atom. The van der Waals surface area contributed by atoms with E-state index in [1.54, 1.807) is 17.0 Å². The molecule has 1 atom stereocenters. The standard InChI is InChI=1S/C21H23FN2O2/c1-14-3-8-19(15(2)11-14)24-13-17(12-20(24)25)21(26)23-10-9-16-4-6-18(22)7-5-16/h3-8,11,17H,9-10,12-13H2,1-2H3,(H,23,26). The normalized spacial score (nSPS) is 16.8. The molecule has 1 unspecified atom stereocenters. The van der Waals surface area contributed by atoms with Gasteiger partial charge in [-0.2, -0.15) is 0 Å². The molecule has 1 N–H and O–H groups in total. The van der Waals surface area contributed by atoms with Gasteiger partial charge in [0.25, 0.3) is 0 Å². The van der Waals surface area contributed by atoms with Crippen molar-refractivity contribution < 1.29 is 14.0 Å². The van der Waals surface area contributed by atoms with E-state index in [0.29, 0.717) is 19.5 Å². The Balaban J connectivity index is 1.56. The van der Waals surface area contributed by atoms with E-state index in [1.807, 2.05) is 32.0 Å². The van der Waals surface area contributed by atoms with Crippen LogP contribution >= 0.6 is 0 Å². The molecule has 0 aromatic heterocycles. The lowest BCUT2D eigenvalue weighted by molar-refractivity contribution is -0.126. The number of rotatable bonds is 5. The zero-order chi connectivity index (χ0) is 18.7. The number of anilines is 1. The molecule has 1 fully saturated rings. The third kappa shape index (κ3) is 4.10. The number of carbonyl (C=O) groups excluding carboxylic acids is 2. The van der Waals surface area contributed by atoms with Crippen molar-refractivity contribution in [3.8, 4) is 0 Å². The molecule has 2 aromatic carbocycles.